The van der Waals surface area contributed by atoms with E-state index >= 15 is 0 Å². The predicted octanol–water partition coefficient (Wildman–Crippen LogP) is 3.27. The number of likely N-dealkylation sites (tertiary alicyclic amines) is 1. The highest BCUT2D eigenvalue weighted by Gasteiger charge is 2.53. The Bertz CT molecular complexity index is 1100. The van der Waals surface area contributed by atoms with E-state index in [1.54, 1.807) is 0 Å². The fourth-order valence-corrected chi connectivity index (χ4v) is 6.35. The van der Waals surface area contributed by atoms with Crippen molar-refractivity contribution < 1.29 is 27.6 Å². The van der Waals surface area contributed by atoms with Crippen molar-refractivity contribution in [1.82, 2.24) is 20.5 Å². The zero-order valence-corrected chi connectivity index (χ0v) is 19.9. The molecule has 4 fully saturated rings. The summed E-state index contributed by atoms with van der Waals surface area (Å²) in [5, 5.41) is 15.4. The molecule has 36 heavy (non-hydrogen) atoms. The summed E-state index contributed by atoms with van der Waals surface area (Å²) in [5.41, 5.74) is -1.64. The molecule has 2 spiro atoms. The van der Waals surface area contributed by atoms with Crippen molar-refractivity contribution in [2.45, 2.75) is 88.0 Å². The molecule has 8 nitrogen and oxygen atoms in total. The van der Waals surface area contributed by atoms with Crippen LogP contribution in [0, 0.1) is 22.7 Å². The monoisotopic (exact) mass is 505 g/mol. The number of amides is 3. The van der Waals surface area contributed by atoms with Crippen LogP contribution in [0.3, 0.4) is 0 Å². The number of carbonyl (C=O) groups excluding carboxylic acids is 3. The van der Waals surface area contributed by atoms with Crippen LogP contribution >= 0.6 is 0 Å². The SMILES string of the molecule is N#C[C@H](C[C@@H]1CC2(CC2)NC1=O)NC(=O)[C@@H]1CC2(CCCCC2)CN1C(=O)c1ccc(C(F)(F)F)[nH]1. The molecule has 0 bridgehead atoms. The molecule has 3 amide bonds. The van der Waals surface area contributed by atoms with Gasteiger partial charge in [0.15, 0.2) is 0 Å². The van der Waals surface area contributed by atoms with Gasteiger partial charge in [0.1, 0.15) is 23.5 Å². The summed E-state index contributed by atoms with van der Waals surface area (Å²) < 4.78 is 39.2. The molecule has 2 saturated carbocycles. The van der Waals surface area contributed by atoms with Gasteiger partial charge in [0, 0.05) is 18.0 Å². The van der Waals surface area contributed by atoms with E-state index in [-0.39, 0.29) is 41.4 Å². The normalized spacial score (nSPS) is 27.1. The van der Waals surface area contributed by atoms with E-state index in [4.69, 9.17) is 0 Å². The van der Waals surface area contributed by atoms with Gasteiger partial charge in [-0.25, -0.2) is 0 Å². The van der Waals surface area contributed by atoms with Gasteiger partial charge in [0.25, 0.3) is 5.91 Å². The minimum atomic E-state index is -4.61. The first-order chi connectivity index (χ1) is 17.0. The molecule has 3 atom stereocenters. The number of hydrogen-bond donors (Lipinski definition) is 3. The number of nitriles is 1. The summed E-state index contributed by atoms with van der Waals surface area (Å²) in [7, 11) is 0. The highest BCUT2D eigenvalue weighted by Crippen LogP contribution is 2.48. The average Bonchev–Trinajstić information content (AvgIpc) is 3.16. The quantitative estimate of drug-likeness (QED) is 0.569. The van der Waals surface area contributed by atoms with Gasteiger partial charge in [-0.05, 0) is 62.5 Å². The van der Waals surface area contributed by atoms with Crippen LogP contribution in [0.15, 0.2) is 12.1 Å². The molecule has 2 aliphatic carbocycles. The number of rotatable bonds is 5. The molecule has 194 valence electrons. The molecule has 3 N–H and O–H groups in total. The Morgan fingerprint density at radius 3 is 2.47 bits per heavy atom. The van der Waals surface area contributed by atoms with Crippen LogP contribution in [-0.2, 0) is 15.8 Å². The Kier molecular flexibility index (Phi) is 6.04. The molecule has 3 heterocycles. The number of carbonyl (C=O) groups is 3. The molecule has 11 heteroatoms. The Hall–Kier alpha value is -3.03. The van der Waals surface area contributed by atoms with Gasteiger partial charge in [0.2, 0.25) is 11.8 Å². The van der Waals surface area contributed by atoms with E-state index in [0.717, 1.165) is 57.1 Å². The van der Waals surface area contributed by atoms with Gasteiger partial charge in [-0.15, -0.1) is 0 Å². The minimum absolute atomic E-state index is 0.104. The molecular formula is C25H30F3N5O3. The summed E-state index contributed by atoms with van der Waals surface area (Å²) in [4.78, 5) is 42.6. The Morgan fingerprint density at radius 1 is 1.17 bits per heavy atom. The largest absolute Gasteiger partial charge is 0.431 e. The van der Waals surface area contributed by atoms with Gasteiger partial charge in [0.05, 0.1) is 6.07 Å². The third kappa shape index (κ3) is 4.70. The van der Waals surface area contributed by atoms with Crippen LogP contribution in [0.1, 0.15) is 80.4 Å². The molecular weight excluding hydrogens is 475 g/mol. The number of alkyl halides is 3. The van der Waals surface area contributed by atoms with E-state index in [1.807, 2.05) is 0 Å². The molecule has 2 saturated heterocycles. The maximum Gasteiger partial charge on any atom is 0.431 e. The topological polar surface area (TPSA) is 118 Å². The maximum atomic E-state index is 13.4. The molecule has 2 aliphatic heterocycles. The van der Waals surface area contributed by atoms with Gasteiger partial charge in [-0.1, -0.05) is 19.3 Å². The zero-order chi connectivity index (χ0) is 25.7. The number of nitrogens with zero attached hydrogens (tertiary/aromatic N) is 2. The standard InChI is InChI=1S/C25H30F3N5O3/c26-25(27,28)19-5-4-17(31-19)22(36)33-14-23(6-2-1-3-7-23)12-18(33)21(35)30-16(13-29)10-15-11-24(8-9-24)32-20(15)34/h4-5,15-16,18,31H,1-3,6-12,14H2,(H,30,35)(H,32,34)/t15-,16+,18+/m1/s1. The maximum absolute atomic E-state index is 13.4. The van der Waals surface area contributed by atoms with Crippen LogP contribution in [0.25, 0.3) is 0 Å². The van der Waals surface area contributed by atoms with Crippen molar-refractivity contribution in [2.24, 2.45) is 11.3 Å². The van der Waals surface area contributed by atoms with E-state index in [1.165, 1.54) is 4.90 Å². The molecule has 1 aromatic heterocycles. The highest BCUT2D eigenvalue weighted by atomic mass is 19.4. The summed E-state index contributed by atoms with van der Waals surface area (Å²) in [5.74, 6) is -1.62. The number of halogens is 3. The van der Waals surface area contributed by atoms with Crippen molar-refractivity contribution in [3.63, 3.8) is 0 Å². The zero-order valence-electron chi connectivity index (χ0n) is 19.9. The van der Waals surface area contributed by atoms with Crippen molar-refractivity contribution in [2.75, 3.05) is 6.54 Å². The van der Waals surface area contributed by atoms with Crippen molar-refractivity contribution in [1.29, 1.82) is 5.26 Å². The lowest BCUT2D eigenvalue weighted by Gasteiger charge is -2.32. The smallest absolute Gasteiger partial charge is 0.350 e. The second-order valence-corrected chi connectivity index (χ2v) is 11.1. The molecule has 5 rings (SSSR count). The Morgan fingerprint density at radius 2 is 1.89 bits per heavy atom. The van der Waals surface area contributed by atoms with Crippen LogP contribution < -0.4 is 10.6 Å². The second kappa shape index (κ2) is 8.82. The van der Waals surface area contributed by atoms with Crippen LogP contribution in [0.4, 0.5) is 13.2 Å². The molecule has 0 unspecified atom stereocenters. The van der Waals surface area contributed by atoms with Crippen LogP contribution in [0.2, 0.25) is 0 Å². The van der Waals surface area contributed by atoms with Crippen LogP contribution in [0.5, 0.6) is 0 Å². The number of hydrogen-bond acceptors (Lipinski definition) is 4. The number of nitrogens with one attached hydrogen (secondary N) is 3. The summed E-state index contributed by atoms with van der Waals surface area (Å²) in [6.07, 6.45) is 3.16. The van der Waals surface area contributed by atoms with E-state index in [2.05, 4.69) is 21.7 Å². The van der Waals surface area contributed by atoms with Crippen LogP contribution in [-0.4, -0.2) is 51.8 Å². The molecule has 0 aromatic carbocycles. The summed E-state index contributed by atoms with van der Waals surface area (Å²) >= 11 is 0. The Balaban J connectivity index is 1.32. The first-order valence-electron chi connectivity index (χ1n) is 12.6. The first-order valence-corrected chi connectivity index (χ1v) is 12.6. The second-order valence-electron chi connectivity index (χ2n) is 11.1. The number of aromatic nitrogens is 1. The first kappa shape index (κ1) is 24.7. The highest BCUT2D eigenvalue weighted by molar-refractivity contribution is 5.97. The fourth-order valence-electron chi connectivity index (χ4n) is 6.35. The van der Waals surface area contributed by atoms with Crippen molar-refractivity contribution in [3.8, 4) is 6.07 Å². The minimum Gasteiger partial charge on any atom is -0.350 e. The van der Waals surface area contributed by atoms with Gasteiger partial charge >= 0.3 is 6.18 Å². The number of H-pyrrole nitrogens is 1. The van der Waals surface area contributed by atoms with Crippen molar-refractivity contribution in [3.05, 3.63) is 23.5 Å². The van der Waals surface area contributed by atoms with Gasteiger partial charge in [-0.3, -0.25) is 14.4 Å². The van der Waals surface area contributed by atoms with Gasteiger partial charge in [-0.2, -0.15) is 18.4 Å². The van der Waals surface area contributed by atoms with E-state index in [9.17, 15) is 32.8 Å². The van der Waals surface area contributed by atoms with E-state index in [0.29, 0.717) is 12.8 Å². The average molecular weight is 506 g/mol. The lowest BCUT2D eigenvalue weighted by atomic mass is 9.72. The number of aromatic amines is 1. The van der Waals surface area contributed by atoms with Crippen molar-refractivity contribution >= 4 is 17.7 Å². The fraction of sp³-hybridized carbons (Fsp3) is 0.680. The third-order valence-corrected chi connectivity index (χ3v) is 8.45. The van der Waals surface area contributed by atoms with E-state index < -0.39 is 35.8 Å². The molecule has 0 radical (unpaired) electrons. The molecule has 1 aromatic rings. The Labute approximate surface area is 207 Å². The summed E-state index contributed by atoms with van der Waals surface area (Å²) in [6.45, 7) is 0.287. The predicted molar refractivity (Wildman–Crippen MR) is 121 cm³/mol. The lowest BCUT2D eigenvalue weighted by molar-refractivity contribution is -0.140. The van der Waals surface area contributed by atoms with Gasteiger partial charge < -0.3 is 20.5 Å². The summed E-state index contributed by atoms with van der Waals surface area (Å²) in [6, 6.07) is 2.19. The molecule has 4 aliphatic rings. The lowest BCUT2D eigenvalue weighted by Crippen LogP contribution is -2.49. The third-order valence-electron chi connectivity index (χ3n) is 8.45.